The minimum atomic E-state index is -3.16. The number of hydrogen-bond acceptors (Lipinski definition) is 5. The third-order valence-corrected chi connectivity index (χ3v) is 8.45. The molecule has 1 saturated heterocycles. The van der Waals surface area contributed by atoms with Crippen molar-refractivity contribution in [3.05, 3.63) is 56.8 Å². The largest absolute Gasteiger partial charge is 0.464 e. The van der Waals surface area contributed by atoms with Crippen LogP contribution < -0.4 is 0 Å². The zero-order valence-corrected chi connectivity index (χ0v) is 18.1. The van der Waals surface area contributed by atoms with Crippen LogP contribution >= 0.6 is 34.5 Å². The third kappa shape index (κ3) is 3.81. The minimum absolute atomic E-state index is 0.0488. The smallest absolute Gasteiger partial charge is 0.266 e. The Kier molecular flexibility index (Phi) is 5.20. The number of furan rings is 1. The predicted octanol–water partition coefficient (Wildman–Crippen LogP) is 4.94. The molecule has 1 fully saturated rings. The summed E-state index contributed by atoms with van der Waals surface area (Å²) in [7, 11) is -3.16. The highest BCUT2D eigenvalue weighted by atomic mass is 35.5. The van der Waals surface area contributed by atoms with Gasteiger partial charge in [0.05, 0.1) is 23.1 Å². The number of halogens is 2. The van der Waals surface area contributed by atoms with E-state index in [0.717, 1.165) is 15.8 Å². The maximum absolute atomic E-state index is 13.4. The molecule has 3 heterocycles. The molecule has 148 valence electrons. The van der Waals surface area contributed by atoms with Gasteiger partial charge in [-0.25, -0.2) is 8.42 Å². The second-order valence-corrected chi connectivity index (χ2v) is 11.0. The fourth-order valence-corrected chi connectivity index (χ4v) is 6.91. The lowest BCUT2D eigenvalue weighted by Crippen LogP contribution is -2.40. The third-order valence-electron chi connectivity index (χ3n) is 4.82. The van der Waals surface area contributed by atoms with Crippen molar-refractivity contribution in [1.82, 2.24) is 4.90 Å². The van der Waals surface area contributed by atoms with Gasteiger partial charge in [0.25, 0.3) is 5.91 Å². The molecule has 0 radical (unpaired) electrons. The second kappa shape index (κ2) is 7.37. The molecule has 0 N–H and O–H groups in total. The molecule has 1 aliphatic rings. The molecular formula is C19H17Cl2NO4S2. The molecule has 1 aromatic carbocycles. The Morgan fingerprint density at radius 3 is 2.71 bits per heavy atom. The lowest BCUT2D eigenvalue weighted by Gasteiger charge is -2.27. The quantitative estimate of drug-likeness (QED) is 0.556. The Bertz CT molecular complexity index is 1170. The summed E-state index contributed by atoms with van der Waals surface area (Å²) in [4.78, 5) is 15.4. The number of rotatable bonds is 4. The van der Waals surface area contributed by atoms with E-state index in [1.807, 2.05) is 13.0 Å². The first-order chi connectivity index (χ1) is 13.2. The highest BCUT2D eigenvalue weighted by molar-refractivity contribution is 7.91. The average molecular weight is 458 g/mol. The lowest BCUT2D eigenvalue weighted by molar-refractivity contribution is 0.0671. The van der Waals surface area contributed by atoms with E-state index in [1.165, 1.54) is 11.3 Å². The summed E-state index contributed by atoms with van der Waals surface area (Å²) in [6.45, 7) is 2.01. The maximum atomic E-state index is 13.4. The van der Waals surface area contributed by atoms with E-state index in [2.05, 4.69) is 0 Å². The molecular weight excluding hydrogens is 441 g/mol. The van der Waals surface area contributed by atoms with E-state index in [9.17, 15) is 13.2 Å². The molecule has 4 rings (SSSR count). The zero-order valence-electron chi connectivity index (χ0n) is 14.9. The number of benzene rings is 1. The van der Waals surface area contributed by atoms with Crippen molar-refractivity contribution in [2.45, 2.75) is 25.9 Å². The molecule has 9 heteroatoms. The van der Waals surface area contributed by atoms with E-state index < -0.39 is 15.9 Å². The molecule has 28 heavy (non-hydrogen) atoms. The first kappa shape index (κ1) is 19.8. The first-order valence-electron chi connectivity index (χ1n) is 8.68. The zero-order chi connectivity index (χ0) is 20.1. The summed E-state index contributed by atoms with van der Waals surface area (Å²) in [6.07, 6.45) is 0.405. The van der Waals surface area contributed by atoms with Gasteiger partial charge in [-0.05, 0) is 37.6 Å². The monoisotopic (exact) mass is 457 g/mol. The van der Waals surface area contributed by atoms with Gasteiger partial charge in [0.2, 0.25) is 0 Å². The van der Waals surface area contributed by atoms with Crippen LogP contribution in [0.25, 0.3) is 10.1 Å². The number of amides is 1. The van der Waals surface area contributed by atoms with Crippen LogP contribution in [0.4, 0.5) is 0 Å². The number of aryl methyl sites for hydroxylation is 1. The summed E-state index contributed by atoms with van der Waals surface area (Å²) in [6, 6.07) is 8.48. The Morgan fingerprint density at radius 1 is 1.29 bits per heavy atom. The van der Waals surface area contributed by atoms with Crippen LogP contribution in [-0.2, 0) is 16.4 Å². The normalized spacial score (nSPS) is 18.6. The summed E-state index contributed by atoms with van der Waals surface area (Å²) in [5.41, 5.74) is 0. The number of carbonyl (C=O) groups is 1. The van der Waals surface area contributed by atoms with Crippen LogP contribution in [0, 0.1) is 6.92 Å². The first-order valence-corrected chi connectivity index (χ1v) is 12.1. The summed E-state index contributed by atoms with van der Waals surface area (Å²) in [5, 5.41) is 1.68. The molecule has 3 aromatic rings. The van der Waals surface area contributed by atoms with Crippen LogP contribution in [0.5, 0.6) is 0 Å². The van der Waals surface area contributed by atoms with E-state index in [0.29, 0.717) is 27.1 Å². The SMILES string of the molecule is Cc1ccc(CN(C(=O)c2sc3cc(Cl)ccc3c2Cl)[C@H]2CCS(=O)(=O)C2)o1. The molecule has 0 spiro atoms. The van der Waals surface area contributed by atoms with Crippen LogP contribution in [0.2, 0.25) is 10.0 Å². The van der Waals surface area contributed by atoms with Crippen molar-refractivity contribution >= 4 is 60.4 Å². The average Bonchev–Trinajstić information content (AvgIpc) is 3.29. The van der Waals surface area contributed by atoms with Crippen LogP contribution in [0.1, 0.15) is 27.6 Å². The van der Waals surface area contributed by atoms with Crippen LogP contribution in [0.15, 0.2) is 34.7 Å². The standard InChI is InChI=1S/C19H17Cl2NO4S2/c1-11-2-4-14(26-11)9-22(13-6-7-28(24,25)10-13)19(23)18-17(21)15-5-3-12(20)8-16(15)27-18/h2-5,8,13H,6-7,9-10H2,1H3/t13-/m0/s1. The highest BCUT2D eigenvalue weighted by Gasteiger charge is 2.36. The fraction of sp³-hybridized carbons (Fsp3) is 0.316. The van der Waals surface area contributed by atoms with Gasteiger partial charge in [-0.3, -0.25) is 4.79 Å². The Hall–Kier alpha value is -1.54. The lowest BCUT2D eigenvalue weighted by atomic mass is 10.2. The van der Waals surface area contributed by atoms with Crippen molar-refractivity contribution in [2.24, 2.45) is 0 Å². The maximum Gasteiger partial charge on any atom is 0.266 e. The number of sulfone groups is 1. The molecule has 0 saturated carbocycles. The van der Waals surface area contributed by atoms with Crippen LogP contribution in [0.3, 0.4) is 0 Å². The molecule has 0 bridgehead atoms. The molecule has 1 atom stereocenters. The van der Waals surface area contributed by atoms with Crippen molar-refractivity contribution < 1.29 is 17.6 Å². The molecule has 0 unspecified atom stereocenters. The van der Waals surface area contributed by atoms with E-state index >= 15 is 0 Å². The number of thiophene rings is 1. The predicted molar refractivity (Wildman–Crippen MR) is 112 cm³/mol. The second-order valence-electron chi connectivity index (χ2n) is 6.89. The van der Waals surface area contributed by atoms with Crippen molar-refractivity contribution in [1.29, 1.82) is 0 Å². The molecule has 2 aromatic heterocycles. The number of nitrogens with zero attached hydrogens (tertiary/aromatic N) is 1. The minimum Gasteiger partial charge on any atom is -0.464 e. The number of hydrogen-bond donors (Lipinski definition) is 0. The van der Waals surface area contributed by atoms with Gasteiger partial charge in [0.1, 0.15) is 16.4 Å². The van der Waals surface area contributed by atoms with Crippen molar-refractivity contribution in [2.75, 3.05) is 11.5 Å². The summed E-state index contributed by atoms with van der Waals surface area (Å²) in [5.74, 6) is 1.08. The molecule has 0 aliphatic carbocycles. The van der Waals surface area contributed by atoms with E-state index in [1.54, 1.807) is 29.2 Å². The number of fused-ring (bicyclic) bond motifs is 1. The highest BCUT2D eigenvalue weighted by Crippen LogP contribution is 2.38. The Morgan fingerprint density at radius 2 is 2.07 bits per heavy atom. The number of carbonyl (C=O) groups excluding carboxylic acids is 1. The van der Waals surface area contributed by atoms with Crippen molar-refractivity contribution in [3.63, 3.8) is 0 Å². The van der Waals surface area contributed by atoms with Gasteiger partial charge in [-0.15, -0.1) is 11.3 Å². The Labute approximate surface area is 176 Å². The topological polar surface area (TPSA) is 67.6 Å². The van der Waals surface area contributed by atoms with Gasteiger partial charge in [0, 0.05) is 21.2 Å². The molecule has 1 amide bonds. The summed E-state index contributed by atoms with van der Waals surface area (Å²) < 4.78 is 30.5. The van der Waals surface area contributed by atoms with Gasteiger partial charge in [-0.2, -0.15) is 0 Å². The van der Waals surface area contributed by atoms with Gasteiger partial charge in [0.15, 0.2) is 9.84 Å². The van der Waals surface area contributed by atoms with E-state index in [-0.39, 0.29) is 24.0 Å². The summed E-state index contributed by atoms with van der Waals surface area (Å²) >= 11 is 13.8. The van der Waals surface area contributed by atoms with Gasteiger partial charge >= 0.3 is 0 Å². The van der Waals surface area contributed by atoms with Crippen molar-refractivity contribution in [3.8, 4) is 0 Å². The fourth-order valence-electron chi connectivity index (χ4n) is 3.43. The van der Waals surface area contributed by atoms with Gasteiger partial charge < -0.3 is 9.32 Å². The molecule has 1 aliphatic heterocycles. The van der Waals surface area contributed by atoms with Gasteiger partial charge in [-0.1, -0.05) is 29.3 Å². The Balaban J connectivity index is 1.73. The van der Waals surface area contributed by atoms with Crippen LogP contribution in [-0.4, -0.2) is 36.8 Å². The van der Waals surface area contributed by atoms with E-state index in [4.69, 9.17) is 27.6 Å². The molecule has 5 nitrogen and oxygen atoms in total.